The summed E-state index contributed by atoms with van der Waals surface area (Å²) in [4.78, 5) is 11.4. The molecule has 2 rings (SSSR count). The van der Waals surface area contributed by atoms with Gasteiger partial charge in [0.1, 0.15) is 6.07 Å². The molecule has 1 aliphatic heterocycles. The molecule has 3 heteroatoms. The van der Waals surface area contributed by atoms with E-state index in [1.165, 1.54) is 0 Å². The van der Waals surface area contributed by atoms with Crippen LogP contribution in [0.4, 0.5) is 5.69 Å². The molecule has 0 fully saturated rings. The zero-order valence-electron chi connectivity index (χ0n) is 10.4. The van der Waals surface area contributed by atoms with Gasteiger partial charge in [-0.3, -0.25) is 4.79 Å². The van der Waals surface area contributed by atoms with Crippen molar-refractivity contribution in [2.45, 2.75) is 39.0 Å². The lowest BCUT2D eigenvalue weighted by Gasteiger charge is -2.24. The number of amides is 1. The molecule has 3 nitrogen and oxygen atoms in total. The van der Waals surface area contributed by atoms with Crippen molar-refractivity contribution in [2.24, 2.45) is 0 Å². The Kier molecular flexibility index (Phi) is 2.66. The molecule has 0 saturated heterocycles. The second kappa shape index (κ2) is 3.89. The van der Waals surface area contributed by atoms with Crippen molar-refractivity contribution >= 4 is 11.6 Å². The standard InChI is InChI=1S/C14H16N2O/c1-14(2,3)11-6-9-4-5-12(17)16-13(9)10(7-11)8-15/h6-7H,4-5H2,1-3H3,(H,16,17). The van der Waals surface area contributed by atoms with E-state index in [0.29, 0.717) is 17.7 Å². The van der Waals surface area contributed by atoms with Crippen molar-refractivity contribution in [2.75, 3.05) is 5.32 Å². The van der Waals surface area contributed by atoms with E-state index < -0.39 is 0 Å². The second-order valence-electron chi connectivity index (χ2n) is 5.47. The molecule has 0 atom stereocenters. The molecular weight excluding hydrogens is 212 g/mol. The zero-order valence-corrected chi connectivity index (χ0v) is 10.4. The third kappa shape index (κ3) is 2.16. The van der Waals surface area contributed by atoms with Gasteiger partial charge >= 0.3 is 0 Å². The number of anilines is 1. The Bertz CT molecular complexity index is 518. The van der Waals surface area contributed by atoms with E-state index in [1.54, 1.807) is 0 Å². The molecule has 0 spiro atoms. The fourth-order valence-electron chi connectivity index (χ4n) is 2.02. The van der Waals surface area contributed by atoms with Gasteiger partial charge in [0.05, 0.1) is 11.3 Å². The number of fused-ring (bicyclic) bond motifs is 1. The van der Waals surface area contributed by atoms with Crippen molar-refractivity contribution in [3.05, 3.63) is 28.8 Å². The minimum Gasteiger partial charge on any atom is -0.325 e. The molecule has 88 valence electrons. The Morgan fingerprint density at radius 1 is 1.29 bits per heavy atom. The third-order valence-electron chi connectivity index (χ3n) is 3.09. The summed E-state index contributed by atoms with van der Waals surface area (Å²) < 4.78 is 0. The minimum absolute atomic E-state index is 0.00231. The minimum atomic E-state index is -0.00231. The van der Waals surface area contributed by atoms with Gasteiger partial charge in [0, 0.05) is 6.42 Å². The van der Waals surface area contributed by atoms with Gasteiger partial charge < -0.3 is 5.32 Å². The fourth-order valence-corrected chi connectivity index (χ4v) is 2.02. The van der Waals surface area contributed by atoms with Crippen molar-refractivity contribution in [1.82, 2.24) is 0 Å². The van der Waals surface area contributed by atoms with Gasteiger partial charge in [-0.05, 0) is 29.0 Å². The van der Waals surface area contributed by atoms with E-state index in [4.69, 9.17) is 5.26 Å². The first-order chi connectivity index (χ1) is 7.91. The predicted molar refractivity (Wildman–Crippen MR) is 66.8 cm³/mol. The summed E-state index contributed by atoms with van der Waals surface area (Å²) in [6, 6.07) is 6.16. The molecule has 1 aliphatic rings. The molecular formula is C14H16N2O. The summed E-state index contributed by atoms with van der Waals surface area (Å²) in [6.07, 6.45) is 1.23. The SMILES string of the molecule is CC(C)(C)c1cc(C#N)c2c(c1)CCC(=O)N2. The van der Waals surface area contributed by atoms with Crippen LogP contribution in [0.25, 0.3) is 0 Å². The van der Waals surface area contributed by atoms with Gasteiger partial charge in [-0.15, -0.1) is 0 Å². The van der Waals surface area contributed by atoms with Gasteiger partial charge in [-0.1, -0.05) is 26.8 Å². The summed E-state index contributed by atoms with van der Waals surface area (Å²) in [6.45, 7) is 6.37. The van der Waals surface area contributed by atoms with Gasteiger partial charge in [-0.25, -0.2) is 0 Å². The first-order valence-corrected chi connectivity index (χ1v) is 5.79. The van der Waals surface area contributed by atoms with Crippen LogP contribution in [-0.4, -0.2) is 5.91 Å². The van der Waals surface area contributed by atoms with Crippen LogP contribution in [-0.2, 0) is 16.6 Å². The number of nitrogens with zero attached hydrogens (tertiary/aromatic N) is 1. The average molecular weight is 228 g/mol. The molecule has 1 aromatic rings. The first-order valence-electron chi connectivity index (χ1n) is 5.79. The molecule has 0 unspecified atom stereocenters. The van der Waals surface area contributed by atoms with Crippen molar-refractivity contribution in [3.8, 4) is 6.07 Å². The van der Waals surface area contributed by atoms with Crippen molar-refractivity contribution in [1.29, 1.82) is 5.26 Å². The van der Waals surface area contributed by atoms with Crippen LogP contribution in [0.3, 0.4) is 0 Å². The number of nitrogens with one attached hydrogen (secondary N) is 1. The molecule has 0 aliphatic carbocycles. The van der Waals surface area contributed by atoms with Crippen molar-refractivity contribution < 1.29 is 4.79 Å². The lowest BCUT2D eigenvalue weighted by atomic mass is 9.83. The number of benzene rings is 1. The largest absolute Gasteiger partial charge is 0.325 e. The summed E-state index contributed by atoms with van der Waals surface area (Å²) in [7, 11) is 0. The zero-order chi connectivity index (χ0) is 12.6. The number of hydrogen-bond donors (Lipinski definition) is 1. The summed E-state index contributed by atoms with van der Waals surface area (Å²) in [5.41, 5.74) is 3.51. The Morgan fingerprint density at radius 3 is 2.59 bits per heavy atom. The topological polar surface area (TPSA) is 52.9 Å². The first kappa shape index (κ1) is 11.7. The van der Waals surface area contributed by atoms with Crippen molar-refractivity contribution in [3.63, 3.8) is 0 Å². The van der Waals surface area contributed by atoms with E-state index in [0.717, 1.165) is 17.5 Å². The maximum absolute atomic E-state index is 11.4. The molecule has 1 aromatic carbocycles. The van der Waals surface area contributed by atoms with Crippen LogP contribution in [0.2, 0.25) is 0 Å². The number of carbonyl (C=O) groups excluding carboxylic acids is 1. The maximum Gasteiger partial charge on any atom is 0.224 e. The Labute approximate surface area is 101 Å². The molecule has 17 heavy (non-hydrogen) atoms. The van der Waals surface area contributed by atoms with Gasteiger partial charge in [0.25, 0.3) is 0 Å². The third-order valence-corrected chi connectivity index (χ3v) is 3.09. The number of aryl methyl sites for hydroxylation is 1. The lowest BCUT2D eigenvalue weighted by Crippen LogP contribution is -2.21. The van der Waals surface area contributed by atoms with E-state index in [9.17, 15) is 4.79 Å². The number of hydrogen-bond acceptors (Lipinski definition) is 2. The fraction of sp³-hybridized carbons (Fsp3) is 0.429. The lowest BCUT2D eigenvalue weighted by molar-refractivity contribution is -0.116. The molecule has 0 saturated carbocycles. The highest BCUT2D eigenvalue weighted by atomic mass is 16.1. The van der Waals surface area contributed by atoms with Gasteiger partial charge in [0.15, 0.2) is 0 Å². The smallest absolute Gasteiger partial charge is 0.224 e. The highest BCUT2D eigenvalue weighted by Gasteiger charge is 2.22. The van der Waals surface area contributed by atoms with Crippen LogP contribution >= 0.6 is 0 Å². The van der Waals surface area contributed by atoms with Gasteiger partial charge in [0.2, 0.25) is 5.91 Å². The number of carbonyl (C=O) groups is 1. The second-order valence-corrected chi connectivity index (χ2v) is 5.47. The highest BCUT2D eigenvalue weighted by Crippen LogP contribution is 2.32. The Hall–Kier alpha value is -1.82. The Morgan fingerprint density at radius 2 is 2.00 bits per heavy atom. The molecule has 1 heterocycles. The maximum atomic E-state index is 11.4. The summed E-state index contributed by atoms with van der Waals surface area (Å²) in [5, 5.41) is 12.0. The molecule has 0 aromatic heterocycles. The van der Waals surface area contributed by atoms with Crippen LogP contribution < -0.4 is 5.32 Å². The highest BCUT2D eigenvalue weighted by molar-refractivity contribution is 5.95. The number of nitriles is 1. The van der Waals surface area contributed by atoms with E-state index in [2.05, 4.69) is 38.2 Å². The van der Waals surface area contributed by atoms with E-state index in [-0.39, 0.29) is 11.3 Å². The monoisotopic (exact) mass is 228 g/mol. The molecule has 0 radical (unpaired) electrons. The average Bonchev–Trinajstić information content (AvgIpc) is 2.26. The summed E-state index contributed by atoms with van der Waals surface area (Å²) >= 11 is 0. The molecule has 1 N–H and O–H groups in total. The summed E-state index contributed by atoms with van der Waals surface area (Å²) in [5.74, 6) is -0.00231. The Balaban J connectivity index is 2.59. The van der Waals surface area contributed by atoms with Crippen LogP contribution in [0.5, 0.6) is 0 Å². The van der Waals surface area contributed by atoms with Crippen LogP contribution in [0.15, 0.2) is 12.1 Å². The molecule has 1 amide bonds. The quantitative estimate of drug-likeness (QED) is 0.742. The normalized spacial score (nSPS) is 14.8. The predicted octanol–water partition coefficient (Wildman–Crippen LogP) is 2.74. The van der Waals surface area contributed by atoms with Gasteiger partial charge in [-0.2, -0.15) is 5.26 Å². The van der Waals surface area contributed by atoms with Crippen LogP contribution in [0, 0.1) is 11.3 Å². The van der Waals surface area contributed by atoms with Crippen LogP contribution in [0.1, 0.15) is 43.9 Å². The molecule has 0 bridgehead atoms. The number of rotatable bonds is 0. The van der Waals surface area contributed by atoms with E-state index >= 15 is 0 Å². The van der Waals surface area contributed by atoms with E-state index in [1.807, 2.05) is 6.07 Å².